The van der Waals surface area contributed by atoms with Gasteiger partial charge < -0.3 is 10.3 Å². The van der Waals surface area contributed by atoms with Gasteiger partial charge in [0.2, 0.25) is 0 Å². The molecule has 0 spiro atoms. The van der Waals surface area contributed by atoms with Crippen molar-refractivity contribution in [1.82, 2.24) is 0 Å². The largest absolute Gasteiger partial charge is 0.466 e. The van der Waals surface area contributed by atoms with Crippen molar-refractivity contribution in [3.05, 3.63) is 5.32 Å². The second-order valence-corrected chi connectivity index (χ2v) is 2.92. The summed E-state index contributed by atoms with van der Waals surface area (Å²) in [5, 5.41) is 3.38. The third-order valence-corrected chi connectivity index (χ3v) is 1.16. The van der Waals surface area contributed by atoms with Crippen LogP contribution in [0.15, 0.2) is 4.99 Å². The number of aliphatic imine (C=N–C) groups is 1. The number of halogens is 3. The van der Waals surface area contributed by atoms with Gasteiger partial charge in [-0.25, -0.2) is 0 Å². The van der Waals surface area contributed by atoms with Crippen LogP contribution in [0, 0.1) is 0 Å². The summed E-state index contributed by atoms with van der Waals surface area (Å²) in [7, 11) is 0. The van der Waals surface area contributed by atoms with Crippen LogP contribution in [-0.4, -0.2) is 24.6 Å². The molecule has 0 aromatic carbocycles. The van der Waals surface area contributed by atoms with E-state index in [1.165, 1.54) is 0 Å². The summed E-state index contributed by atoms with van der Waals surface area (Å²) >= 11 is 0. The zero-order valence-corrected chi connectivity index (χ0v) is 9.39. The first kappa shape index (κ1) is 16.2. The summed E-state index contributed by atoms with van der Waals surface area (Å²) < 4.78 is 35.2. The van der Waals surface area contributed by atoms with E-state index in [1.54, 1.807) is 20.8 Å². The Morgan fingerprint density at radius 2 is 1.86 bits per heavy atom. The molecule has 1 radical (unpaired) electrons. The third-order valence-electron chi connectivity index (χ3n) is 1.16. The van der Waals surface area contributed by atoms with Gasteiger partial charge in [0, 0.05) is 23.3 Å². The standard InChI is InChI=1S/C8H14F3N2.Co/c1-4-7(13-6(2)3)12-5-8(9,10)11;/h6H,4-5H2,1-3H3;/q-1;. The van der Waals surface area contributed by atoms with Crippen LogP contribution in [0.1, 0.15) is 27.2 Å². The fraction of sp³-hybridized carbons (Fsp3) is 0.875. The van der Waals surface area contributed by atoms with Crippen molar-refractivity contribution in [3.8, 4) is 0 Å². The Bertz CT molecular complexity index is 178. The topological polar surface area (TPSA) is 26.5 Å². The maximum Gasteiger partial charge on any atom is 0.388 e. The number of amidine groups is 1. The van der Waals surface area contributed by atoms with E-state index < -0.39 is 12.7 Å². The van der Waals surface area contributed by atoms with E-state index >= 15 is 0 Å². The maximum absolute atomic E-state index is 11.7. The molecule has 87 valence electrons. The van der Waals surface area contributed by atoms with Crippen LogP contribution in [0.25, 0.3) is 5.32 Å². The quantitative estimate of drug-likeness (QED) is 0.546. The van der Waals surface area contributed by atoms with Crippen molar-refractivity contribution in [2.24, 2.45) is 4.99 Å². The van der Waals surface area contributed by atoms with Crippen molar-refractivity contribution >= 4 is 5.84 Å². The Kier molecular flexibility index (Phi) is 8.23. The molecular weight excluding hydrogens is 240 g/mol. The minimum absolute atomic E-state index is 0. The Morgan fingerprint density at radius 3 is 2.14 bits per heavy atom. The molecule has 0 atom stereocenters. The molecule has 14 heavy (non-hydrogen) atoms. The van der Waals surface area contributed by atoms with Crippen molar-refractivity contribution in [2.45, 2.75) is 39.4 Å². The molecule has 0 aromatic rings. The monoisotopic (exact) mass is 254 g/mol. The van der Waals surface area contributed by atoms with Gasteiger partial charge in [-0.1, -0.05) is 26.6 Å². The Labute approximate surface area is 92.6 Å². The summed E-state index contributed by atoms with van der Waals surface area (Å²) in [5.74, 6) is 0.285. The molecule has 0 bridgehead atoms. The van der Waals surface area contributed by atoms with E-state index in [1.807, 2.05) is 0 Å². The van der Waals surface area contributed by atoms with Crippen LogP contribution in [0.2, 0.25) is 0 Å². The molecule has 0 aliphatic carbocycles. The maximum atomic E-state index is 11.7. The molecule has 2 nitrogen and oxygen atoms in total. The second kappa shape index (κ2) is 7.11. The van der Waals surface area contributed by atoms with Crippen LogP contribution in [0.5, 0.6) is 0 Å². The van der Waals surface area contributed by atoms with Gasteiger partial charge in [0.25, 0.3) is 0 Å². The molecule has 0 aliphatic rings. The fourth-order valence-corrected chi connectivity index (χ4v) is 0.723. The molecule has 0 heterocycles. The van der Waals surface area contributed by atoms with E-state index in [4.69, 9.17) is 0 Å². The van der Waals surface area contributed by atoms with Crippen LogP contribution in [-0.2, 0) is 16.8 Å². The number of hydrogen-bond donors (Lipinski definition) is 0. The van der Waals surface area contributed by atoms with Crippen LogP contribution < -0.4 is 0 Å². The van der Waals surface area contributed by atoms with Gasteiger partial charge in [0.05, 0.1) is 0 Å². The third kappa shape index (κ3) is 9.85. The molecule has 0 rings (SSSR count). The number of alkyl halides is 3. The summed E-state index contributed by atoms with van der Waals surface area (Å²) in [4.78, 5) is 3.95. The van der Waals surface area contributed by atoms with Crippen LogP contribution >= 0.6 is 0 Å². The summed E-state index contributed by atoms with van der Waals surface area (Å²) in [6, 6.07) is -0.00747. The van der Waals surface area contributed by atoms with Crippen molar-refractivity contribution in [3.63, 3.8) is 0 Å². The number of rotatable bonds is 3. The second-order valence-electron chi connectivity index (χ2n) is 2.92. The Hall–Kier alpha value is -0.234. The predicted molar refractivity (Wildman–Crippen MR) is 47.1 cm³/mol. The summed E-state index contributed by atoms with van der Waals surface area (Å²) in [5.41, 5.74) is 0. The molecule has 0 N–H and O–H groups in total. The first-order valence-electron chi connectivity index (χ1n) is 4.16. The van der Waals surface area contributed by atoms with E-state index in [-0.39, 0.29) is 28.7 Å². The van der Waals surface area contributed by atoms with Crippen molar-refractivity contribution in [1.29, 1.82) is 0 Å². The molecular formula is C8H14CoF3N2-. The van der Waals surface area contributed by atoms with Gasteiger partial charge >= 0.3 is 6.18 Å². The zero-order chi connectivity index (χ0) is 10.5. The minimum atomic E-state index is -4.23. The van der Waals surface area contributed by atoms with Crippen LogP contribution in [0.3, 0.4) is 0 Å². The smallest absolute Gasteiger partial charge is 0.388 e. The van der Waals surface area contributed by atoms with E-state index in [9.17, 15) is 13.2 Å². The Morgan fingerprint density at radius 1 is 1.36 bits per heavy atom. The van der Waals surface area contributed by atoms with Gasteiger partial charge in [0.1, 0.15) is 0 Å². The Balaban J connectivity index is 0. The molecule has 0 saturated carbocycles. The molecule has 0 unspecified atom stereocenters. The van der Waals surface area contributed by atoms with Gasteiger partial charge in [-0.05, 0) is 12.5 Å². The van der Waals surface area contributed by atoms with Gasteiger partial charge in [-0.15, -0.1) is 0 Å². The average molecular weight is 254 g/mol. The minimum Gasteiger partial charge on any atom is -0.466 e. The summed E-state index contributed by atoms with van der Waals surface area (Å²) in [6.45, 7) is 4.21. The fourth-order valence-electron chi connectivity index (χ4n) is 0.723. The van der Waals surface area contributed by atoms with E-state index in [2.05, 4.69) is 10.3 Å². The molecule has 0 fully saturated rings. The van der Waals surface area contributed by atoms with Crippen molar-refractivity contribution in [2.75, 3.05) is 6.54 Å². The SMILES string of the molecule is CCC(=NC(C)C)[N-]CC(F)(F)F.[Co]. The molecule has 0 aliphatic heterocycles. The van der Waals surface area contributed by atoms with E-state index in [0.717, 1.165) is 0 Å². The van der Waals surface area contributed by atoms with Crippen LogP contribution in [0.4, 0.5) is 13.2 Å². The van der Waals surface area contributed by atoms with Gasteiger partial charge in [0.15, 0.2) is 0 Å². The van der Waals surface area contributed by atoms with Gasteiger partial charge in [-0.3, -0.25) is 0 Å². The van der Waals surface area contributed by atoms with Crippen molar-refractivity contribution < 1.29 is 30.0 Å². The van der Waals surface area contributed by atoms with Gasteiger partial charge in [-0.2, -0.15) is 13.2 Å². The molecule has 0 saturated heterocycles. The molecule has 0 aromatic heterocycles. The molecule has 6 heteroatoms. The van der Waals surface area contributed by atoms with E-state index in [0.29, 0.717) is 6.42 Å². The molecule has 0 amide bonds. The normalized spacial score (nSPS) is 12.6. The first-order valence-corrected chi connectivity index (χ1v) is 4.16. The number of hydrogen-bond acceptors (Lipinski definition) is 1. The predicted octanol–water partition coefficient (Wildman–Crippen LogP) is 3.14. The average Bonchev–Trinajstić information content (AvgIpc) is 1.95. The summed E-state index contributed by atoms with van der Waals surface area (Å²) in [6.07, 6.45) is -3.79. The first-order chi connectivity index (χ1) is 5.85. The number of nitrogens with zero attached hydrogens (tertiary/aromatic N) is 2. The zero-order valence-electron chi connectivity index (χ0n) is 8.35.